The summed E-state index contributed by atoms with van der Waals surface area (Å²) in [5.41, 5.74) is 12.3. The third kappa shape index (κ3) is 16.7. The Kier molecular flexibility index (Phi) is 24.6. The number of hydrogen-bond acceptors (Lipinski definition) is 11. The lowest BCUT2D eigenvalue weighted by Gasteiger charge is -2.38. The summed E-state index contributed by atoms with van der Waals surface area (Å²) in [6.45, 7) is 9.31. The SMILES string of the molecule is CC.COC.COCC(O)CN1CCC2(CC1)OCCO2.COCC(O)CNC1CCCc2ccccc21.N/C=C\N. The first-order valence-corrected chi connectivity index (χ1v) is 15.0. The van der Waals surface area contributed by atoms with E-state index >= 15 is 0 Å². The zero-order valence-corrected chi connectivity index (χ0v) is 26.9. The molecule has 0 bridgehead atoms. The van der Waals surface area contributed by atoms with Crippen molar-refractivity contribution in [1.29, 1.82) is 0 Å². The molecule has 3 unspecified atom stereocenters. The van der Waals surface area contributed by atoms with Crippen LogP contribution in [-0.2, 0) is 30.1 Å². The van der Waals surface area contributed by atoms with Gasteiger partial charge in [-0.2, -0.15) is 0 Å². The van der Waals surface area contributed by atoms with Crippen molar-refractivity contribution in [2.75, 3.05) is 81.0 Å². The summed E-state index contributed by atoms with van der Waals surface area (Å²) in [7, 11) is 6.47. The van der Waals surface area contributed by atoms with Crippen LogP contribution in [0.3, 0.4) is 0 Å². The minimum Gasteiger partial charge on any atom is -0.403 e. The number of ether oxygens (including phenoxy) is 5. The van der Waals surface area contributed by atoms with Gasteiger partial charge in [-0.15, -0.1) is 0 Å². The number of aryl methyl sites for hydroxylation is 1. The zero-order valence-electron chi connectivity index (χ0n) is 26.9. The lowest BCUT2D eigenvalue weighted by molar-refractivity contribution is -0.186. The van der Waals surface area contributed by atoms with Crippen LogP contribution in [0.4, 0.5) is 0 Å². The predicted octanol–water partition coefficient (Wildman–Crippen LogP) is 2.16. The molecule has 2 saturated heterocycles. The molecule has 4 rings (SSSR count). The molecule has 0 saturated carbocycles. The molecule has 42 heavy (non-hydrogen) atoms. The number of β-amino-alcohol motifs (C(OH)–C–C–N with tert-alkyl or cyclic N) is 1. The summed E-state index contributed by atoms with van der Waals surface area (Å²) in [6, 6.07) is 8.96. The van der Waals surface area contributed by atoms with Crippen molar-refractivity contribution in [2.24, 2.45) is 11.5 Å². The number of fused-ring (bicyclic) bond motifs is 1. The van der Waals surface area contributed by atoms with Crippen LogP contribution in [0.2, 0.25) is 0 Å². The van der Waals surface area contributed by atoms with Crippen LogP contribution in [0.15, 0.2) is 36.7 Å². The normalized spacial score (nSPS) is 20.3. The van der Waals surface area contributed by atoms with Crippen molar-refractivity contribution in [3.8, 4) is 0 Å². The number of rotatable bonds is 9. The summed E-state index contributed by atoms with van der Waals surface area (Å²) in [4.78, 5) is 2.24. The molecule has 7 N–H and O–H groups in total. The molecule has 1 aromatic rings. The van der Waals surface area contributed by atoms with Gasteiger partial charge in [0.15, 0.2) is 5.79 Å². The number of nitrogens with one attached hydrogen (secondary N) is 1. The number of hydrogen-bond donors (Lipinski definition) is 5. The molecule has 246 valence electrons. The highest BCUT2D eigenvalue weighted by Gasteiger charge is 2.39. The van der Waals surface area contributed by atoms with Crippen LogP contribution in [0.25, 0.3) is 0 Å². The Morgan fingerprint density at radius 3 is 2.07 bits per heavy atom. The second kappa shape index (κ2) is 25.7. The molecule has 11 heteroatoms. The maximum Gasteiger partial charge on any atom is 0.170 e. The lowest BCUT2D eigenvalue weighted by atomic mass is 9.88. The maximum atomic E-state index is 9.64. The third-order valence-corrected chi connectivity index (χ3v) is 6.70. The van der Waals surface area contributed by atoms with Crippen molar-refractivity contribution in [3.63, 3.8) is 0 Å². The number of nitrogens with two attached hydrogens (primary N) is 2. The van der Waals surface area contributed by atoms with Crippen LogP contribution in [0, 0.1) is 0 Å². The zero-order chi connectivity index (χ0) is 31.6. The molecule has 2 heterocycles. The monoisotopic (exact) mass is 600 g/mol. The van der Waals surface area contributed by atoms with E-state index in [4.69, 9.17) is 30.4 Å². The number of methoxy groups -OCH3 is 3. The molecule has 3 aliphatic rings. The molecule has 1 aliphatic carbocycles. The van der Waals surface area contributed by atoms with Crippen LogP contribution >= 0.6 is 0 Å². The molecule has 0 aromatic heterocycles. The highest BCUT2D eigenvalue weighted by Crippen LogP contribution is 2.31. The van der Waals surface area contributed by atoms with Gasteiger partial charge < -0.3 is 55.6 Å². The Morgan fingerprint density at radius 2 is 1.52 bits per heavy atom. The minimum absolute atomic E-state index is 0.317. The van der Waals surface area contributed by atoms with E-state index in [9.17, 15) is 10.2 Å². The van der Waals surface area contributed by atoms with E-state index in [1.165, 1.54) is 36.4 Å². The van der Waals surface area contributed by atoms with Crippen LogP contribution < -0.4 is 16.8 Å². The molecule has 2 fully saturated rings. The molecule has 2 aliphatic heterocycles. The van der Waals surface area contributed by atoms with E-state index in [0.717, 1.165) is 32.4 Å². The van der Waals surface area contributed by atoms with Gasteiger partial charge in [-0.25, -0.2) is 0 Å². The first-order valence-electron chi connectivity index (χ1n) is 15.0. The van der Waals surface area contributed by atoms with Crippen molar-refractivity contribution in [1.82, 2.24) is 10.2 Å². The van der Waals surface area contributed by atoms with Crippen molar-refractivity contribution in [3.05, 3.63) is 47.8 Å². The summed E-state index contributed by atoms with van der Waals surface area (Å²) < 4.78 is 25.4. The van der Waals surface area contributed by atoms with Crippen LogP contribution in [0.5, 0.6) is 0 Å². The van der Waals surface area contributed by atoms with Crippen molar-refractivity contribution >= 4 is 0 Å². The molecule has 0 radical (unpaired) electrons. The van der Waals surface area contributed by atoms with Gasteiger partial charge in [0.2, 0.25) is 0 Å². The largest absolute Gasteiger partial charge is 0.403 e. The molecule has 11 nitrogen and oxygen atoms in total. The smallest absolute Gasteiger partial charge is 0.170 e. The molecule has 3 atom stereocenters. The van der Waals surface area contributed by atoms with E-state index in [1.807, 2.05) is 13.8 Å². The molecular formula is C31H60N4O7. The van der Waals surface area contributed by atoms with Gasteiger partial charge in [0.25, 0.3) is 0 Å². The number of aliphatic hydroxyl groups excluding tert-OH is 2. The summed E-state index contributed by atoms with van der Waals surface area (Å²) >= 11 is 0. The lowest BCUT2D eigenvalue weighted by Crippen LogP contribution is -2.47. The summed E-state index contributed by atoms with van der Waals surface area (Å²) in [5, 5.41) is 22.7. The van der Waals surface area contributed by atoms with E-state index in [-0.39, 0.29) is 5.79 Å². The Bertz CT molecular complexity index is 767. The Morgan fingerprint density at radius 1 is 0.976 bits per heavy atom. The van der Waals surface area contributed by atoms with Crippen molar-refractivity contribution in [2.45, 2.75) is 70.0 Å². The number of benzene rings is 1. The minimum atomic E-state index is -0.422. The highest BCUT2D eigenvalue weighted by atomic mass is 16.7. The van der Waals surface area contributed by atoms with Gasteiger partial charge in [-0.1, -0.05) is 38.1 Å². The topological polar surface area (TPSA) is 154 Å². The van der Waals surface area contributed by atoms with E-state index in [2.05, 4.69) is 39.2 Å². The molecule has 1 aromatic carbocycles. The van der Waals surface area contributed by atoms with Gasteiger partial charge in [0.1, 0.15) is 0 Å². The number of likely N-dealkylation sites (tertiary alicyclic amines) is 1. The van der Waals surface area contributed by atoms with Gasteiger partial charge >= 0.3 is 0 Å². The van der Waals surface area contributed by atoms with Gasteiger partial charge in [0, 0.05) is 85.9 Å². The quantitative estimate of drug-likeness (QED) is 0.283. The molecule has 1 spiro atoms. The number of nitrogens with zero attached hydrogens (tertiary/aromatic N) is 1. The molecule has 0 amide bonds. The van der Waals surface area contributed by atoms with E-state index < -0.39 is 12.2 Å². The van der Waals surface area contributed by atoms with Gasteiger partial charge in [-0.05, 0) is 30.4 Å². The Labute approximate surface area is 254 Å². The maximum absolute atomic E-state index is 9.64. The Hall–Kier alpha value is -1.80. The standard InChI is InChI=1S/C14H21NO2.C11H21NO4.C2H6N2.C2H6O.C2H6/c1-17-10-12(16)9-15-14-8-4-6-11-5-2-3-7-13(11)14;1-14-9-10(13)8-12-4-2-11(3-5-12)15-6-7-16-11;3-1-2-4;1-3-2;1-2/h2-3,5,7,12,14-16H,4,6,8-10H2,1H3;10,13H,2-9H2,1H3;1-2H,3-4H2;1-2H3;1-2H3/b;;2-1-;;. The van der Waals surface area contributed by atoms with E-state index in [0.29, 0.717) is 45.6 Å². The fraction of sp³-hybridized carbons (Fsp3) is 0.742. The first-order chi connectivity index (χ1) is 20.4. The summed E-state index contributed by atoms with van der Waals surface area (Å²) in [6.07, 6.45) is 7.07. The second-order valence-electron chi connectivity index (χ2n) is 9.97. The van der Waals surface area contributed by atoms with E-state index in [1.54, 1.807) is 28.4 Å². The average molecular weight is 601 g/mol. The fourth-order valence-electron chi connectivity index (χ4n) is 4.90. The second-order valence-corrected chi connectivity index (χ2v) is 9.97. The number of piperidine rings is 1. The first kappa shape index (κ1) is 40.2. The Balaban J connectivity index is 0.000000627. The predicted molar refractivity (Wildman–Crippen MR) is 168 cm³/mol. The van der Waals surface area contributed by atoms with Crippen LogP contribution in [0.1, 0.15) is 56.7 Å². The van der Waals surface area contributed by atoms with Gasteiger partial charge in [-0.3, -0.25) is 0 Å². The average Bonchev–Trinajstić information content (AvgIpc) is 3.47. The van der Waals surface area contributed by atoms with Gasteiger partial charge in [0.05, 0.1) is 38.6 Å². The van der Waals surface area contributed by atoms with Crippen molar-refractivity contribution < 1.29 is 33.9 Å². The third-order valence-electron chi connectivity index (χ3n) is 6.70. The van der Waals surface area contributed by atoms with Crippen LogP contribution in [-0.4, -0.2) is 114 Å². The fourth-order valence-corrected chi connectivity index (χ4v) is 4.90. The molecular weight excluding hydrogens is 540 g/mol. The highest BCUT2D eigenvalue weighted by molar-refractivity contribution is 5.32. The number of aliphatic hydroxyl groups is 2. The summed E-state index contributed by atoms with van der Waals surface area (Å²) in [5.74, 6) is -0.317.